The summed E-state index contributed by atoms with van der Waals surface area (Å²) in [5.41, 5.74) is 0. The van der Waals surface area contributed by atoms with Gasteiger partial charge < -0.3 is 0 Å². The third-order valence-corrected chi connectivity index (χ3v) is 8.81. The zero-order valence-corrected chi connectivity index (χ0v) is 14.2. The molecule has 0 aromatic rings. The van der Waals surface area contributed by atoms with E-state index in [0.29, 0.717) is 0 Å². The van der Waals surface area contributed by atoms with Gasteiger partial charge in [-0.2, -0.15) is 35.3 Å². The van der Waals surface area contributed by atoms with Gasteiger partial charge in [-0.15, -0.1) is 23.5 Å². The molecule has 5 heteroatoms. The highest BCUT2D eigenvalue weighted by atomic mass is 32.2. The molecule has 0 amide bonds. The second-order valence-corrected chi connectivity index (χ2v) is 10.3. The highest BCUT2D eigenvalue weighted by Gasteiger charge is 2.37. The summed E-state index contributed by atoms with van der Waals surface area (Å²) in [6, 6.07) is 0. The molecule has 2 unspecified atom stereocenters. The van der Waals surface area contributed by atoms with E-state index in [1.807, 2.05) is 0 Å². The molecule has 0 radical (unpaired) electrons. The van der Waals surface area contributed by atoms with Crippen LogP contribution in [0.1, 0.15) is 13.8 Å². The van der Waals surface area contributed by atoms with E-state index in [4.69, 9.17) is 0 Å². The van der Waals surface area contributed by atoms with Crippen molar-refractivity contribution in [2.24, 2.45) is 0 Å². The lowest BCUT2D eigenvalue weighted by molar-refractivity contribution is 1.22. The summed E-state index contributed by atoms with van der Waals surface area (Å²) >= 11 is 10.6. The maximum absolute atomic E-state index is 2.25. The van der Waals surface area contributed by atoms with Gasteiger partial charge in [0.25, 0.3) is 0 Å². The zero-order chi connectivity index (χ0) is 11.6. The van der Waals surface area contributed by atoms with Crippen molar-refractivity contribution >= 4 is 58.8 Å². The van der Waals surface area contributed by atoms with Crippen molar-refractivity contribution in [1.82, 2.24) is 0 Å². The predicted octanol–water partition coefficient (Wildman–Crippen LogP) is 4.40. The van der Waals surface area contributed by atoms with Crippen molar-refractivity contribution in [3.63, 3.8) is 0 Å². The fraction of sp³-hybridized carbons (Fsp3) is 1.00. The molecule has 0 aliphatic carbocycles. The normalized spacial score (nSPS) is 23.6. The standard InChI is InChI=1S/C11H22S5/c1-3-12-5-6-14-7-8-15-11-10(16-11)9-13-4-2/h10-11H,3-9H2,1-2H3. The summed E-state index contributed by atoms with van der Waals surface area (Å²) < 4.78 is 0.935. The van der Waals surface area contributed by atoms with Crippen molar-refractivity contribution in [3.8, 4) is 0 Å². The largest absolute Gasteiger partial charge is 0.161 e. The Labute approximate surface area is 122 Å². The molecule has 16 heavy (non-hydrogen) atoms. The van der Waals surface area contributed by atoms with Gasteiger partial charge in [0.2, 0.25) is 0 Å². The van der Waals surface area contributed by atoms with Gasteiger partial charge in [-0.05, 0) is 11.5 Å². The minimum Gasteiger partial charge on any atom is -0.161 e. The number of thioether (sulfide) groups is 5. The van der Waals surface area contributed by atoms with Gasteiger partial charge in [0.1, 0.15) is 0 Å². The van der Waals surface area contributed by atoms with Gasteiger partial charge in [-0.1, -0.05) is 13.8 Å². The molecule has 1 aliphatic rings. The number of hydrogen-bond acceptors (Lipinski definition) is 5. The summed E-state index contributed by atoms with van der Waals surface area (Å²) in [5.74, 6) is 9.29. The molecule has 1 fully saturated rings. The molecular formula is C11H22S5. The Morgan fingerprint density at radius 1 is 0.875 bits per heavy atom. The average molecular weight is 315 g/mol. The van der Waals surface area contributed by atoms with Crippen LogP contribution in [0.5, 0.6) is 0 Å². The topological polar surface area (TPSA) is 0 Å². The maximum atomic E-state index is 2.25. The lowest BCUT2D eigenvalue weighted by Gasteiger charge is -2.00. The van der Waals surface area contributed by atoms with E-state index < -0.39 is 0 Å². The quantitative estimate of drug-likeness (QED) is 0.408. The van der Waals surface area contributed by atoms with Gasteiger partial charge in [0.15, 0.2) is 0 Å². The van der Waals surface area contributed by atoms with Crippen LogP contribution in [0.3, 0.4) is 0 Å². The molecule has 0 bridgehead atoms. The van der Waals surface area contributed by atoms with E-state index >= 15 is 0 Å². The average Bonchev–Trinajstić information content (AvgIpc) is 3.04. The Balaban J connectivity index is 1.76. The highest BCUT2D eigenvalue weighted by Crippen LogP contribution is 2.50. The van der Waals surface area contributed by atoms with Crippen LogP contribution < -0.4 is 0 Å². The fourth-order valence-corrected chi connectivity index (χ4v) is 7.17. The molecule has 1 saturated heterocycles. The summed E-state index contributed by atoms with van der Waals surface area (Å²) in [5, 5.41) is 0.968. The van der Waals surface area contributed by atoms with Crippen LogP contribution in [0.25, 0.3) is 0 Å². The molecule has 2 atom stereocenters. The molecule has 96 valence electrons. The Morgan fingerprint density at radius 3 is 2.31 bits per heavy atom. The molecule has 0 aromatic heterocycles. The first-order chi connectivity index (χ1) is 7.88. The van der Waals surface area contributed by atoms with Crippen molar-refractivity contribution in [2.75, 3.05) is 40.3 Å². The fourth-order valence-electron chi connectivity index (χ4n) is 1.21. The van der Waals surface area contributed by atoms with E-state index in [1.165, 1.54) is 40.3 Å². The third kappa shape index (κ3) is 7.96. The van der Waals surface area contributed by atoms with E-state index in [0.717, 1.165) is 9.83 Å². The van der Waals surface area contributed by atoms with Gasteiger partial charge in [-0.3, -0.25) is 0 Å². The summed E-state index contributed by atoms with van der Waals surface area (Å²) in [6.45, 7) is 4.49. The van der Waals surface area contributed by atoms with E-state index in [-0.39, 0.29) is 0 Å². The van der Waals surface area contributed by atoms with Crippen LogP contribution in [0.4, 0.5) is 0 Å². The van der Waals surface area contributed by atoms with Crippen molar-refractivity contribution in [1.29, 1.82) is 0 Å². The Hall–Kier alpha value is 1.75. The van der Waals surface area contributed by atoms with Crippen molar-refractivity contribution in [2.45, 2.75) is 23.7 Å². The number of hydrogen-bond donors (Lipinski definition) is 0. The monoisotopic (exact) mass is 314 g/mol. The highest BCUT2D eigenvalue weighted by molar-refractivity contribution is 8.24. The van der Waals surface area contributed by atoms with Crippen LogP contribution in [0.15, 0.2) is 0 Å². The second-order valence-electron chi connectivity index (χ2n) is 3.38. The third-order valence-electron chi connectivity index (χ3n) is 2.11. The van der Waals surface area contributed by atoms with Gasteiger partial charge >= 0.3 is 0 Å². The lowest BCUT2D eigenvalue weighted by atomic mass is 10.6. The van der Waals surface area contributed by atoms with E-state index in [9.17, 15) is 0 Å². The van der Waals surface area contributed by atoms with Crippen LogP contribution in [-0.4, -0.2) is 50.1 Å². The zero-order valence-electron chi connectivity index (χ0n) is 10.1. The smallest absolute Gasteiger partial charge is 0.0633 e. The Morgan fingerprint density at radius 2 is 1.56 bits per heavy atom. The van der Waals surface area contributed by atoms with Crippen LogP contribution in [0, 0.1) is 0 Å². The van der Waals surface area contributed by atoms with Crippen molar-refractivity contribution in [3.05, 3.63) is 0 Å². The Bertz CT molecular complexity index is 164. The van der Waals surface area contributed by atoms with Crippen LogP contribution in [0.2, 0.25) is 0 Å². The summed E-state index contributed by atoms with van der Waals surface area (Å²) in [7, 11) is 0. The molecule has 1 heterocycles. The minimum absolute atomic E-state index is 0.935. The molecule has 0 saturated carbocycles. The molecule has 1 aliphatic heterocycles. The first-order valence-electron chi connectivity index (χ1n) is 5.88. The number of rotatable bonds is 11. The molecule has 0 N–H and O–H groups in total. The lowest BCUT2D eigenvalue weighted by Crippen LogP contribution is -1.96. The predicted molar refractivity (Wildman–Crippen MR) is 90.9 cm³/mol. The van der Waals surface area contributed by atoms with E-state index in [2.05, 4.69) is 72.7 Å². The summed E-state index contributed by atoms with van der Waals surface area (Å²) in [4.78, 5) is 0. The van der Waals surface area contributed by atoms with E-state index in [1.54, 1.807) is 0 Å². The first kappa shape index (κ1) is 15.8. The van der Waals surface area contributed by atoms with Crippen LogP contribution >= 0.6 is 58.8 Å². The van der Waals surface area contributed by atoms with Crippen LogP contribution in [-0.2, 0) is 0 Å². The molecule has 0 nitrogen and oxygen atoms in total. The molecule has 0 aromatic carbocycles. The maximum Gasteiger partial charge on any atom is 0.0633 e. The molecule has 0 spiro atoms. The van der Waals surface area contributed by atoms with Gasteiger partial charge in [0, 0.05) is 34.0 Å². The van der Waals surface area contributed by atoms with Crippen molar-refractivity contribution < 1.29 is 0 Å². The minimum atomic E-state index is 0.935. The SMILES string of the molecule is CCSCCSCCSC1SC1CSCC. The van der Waals surface area contributed by atoms with Gasteiger partial charge in [-0.25, -0.2) is 0 Å². The van der Waals surface area contributed by atoms with Gasteiger partial charge in [0.05, 0.1) is 4.58 Å². The first-order valence-corrected chi connectivity index (χ1v) is 11.3. The molecular weight excluding hydrogens is 292 g/mol. The molecule has 1 rings (SSSR count). The summed E-state index contributed by atoms with van der Waals surface area (Å²) in [6.07, 6.45) is 0. The second kappa shape index (κ2) is 10.7. The Kier molecular flexibility index (Phi) is 10.5.